The van der Waals surface area contributed by atoms with Gasteiger partial charge in [0.1, 0.15) is 12.2 Å². The number of carbonyl (C=O) groups is 1. The molecule has 6 nitrogen and oxygen atoms in total. The van der Waals surface area contributed by atoms with E-state index in [1.807, 2.05) is 20.0 Å². The molecule has 0 saturated heterocycles. The number of hydrogen-bond donors (Lipinski definition) is 1. The Hall–Kier alpha value is -2.24. The van der Waals surface area contributed by atoms with Gasteiger partial charge in [0, 0.05) is 31.4 Å². The molecular formula is C15H19N5O. The predicted octanol–water partition coefficient (Wildman–Crippen LogP) is 1.29. The zero-order valence-electron chi connectivity index (χ0n) is 12.3. The van der Waals surface area contributed by atoms with Crippen LogP contribution in [0.4, 0.5) is 0 Å². The predicted molar refractivity (Wildman–Crippen MR) is 77.9 cm³/mol. The SMILES string of the molecule is CCc1ncncc1C(=O)N[C@H]1CCc2nc(C)cn2C1. The third kappa shape index (κ3) is 2.79. The molecule has 0 spiro atoms. The van der Waals surface area contributed by atoms with Crippen LogP contribution in [0, 0.1) is 6.92 Å². The average Bonchev–Trinajstić information content (AvgIpc) is 2.86. The zero-order valence-corrected chi connectivity index (χ0v) is 12.3. The van der Waals surface area contributed by atoms with Gasteiger partial charge in [-0.1, -0.05) is 6.92 Å². The summed E-state index contributed by atoms with van der Waals surface area (Å²) in [6, 6.07) is 0.128. The fourth-order valence-electron chi connectivity index (χ4n) is 2.79. The van der Waals surface area contributed by atoms with E-state index in [1.165, 1.54) is 6.33 Å². The van der Waals surface area contributed by atoms with Gasteiger partial charge in [-0.15, -0.1) is 0 Å². The first-order valence-electron chi connectivity index (χ1n) is 7.29. The molecule has 1 atom stereocenters. The molecule has 21 heavy (non-hydrogen) atoms. The smallest absolute Gasteiger partial charge is 0.254 e. The Bertz CT molecular complexity index is 664. The first-order valence-corrected chi connectivity index (χ1v) is 7.29. The molecule has 0 unspecified atom stereocenters. The minimum Gasteiger partial charge on any atom is -0.347 e. The zero-order chi connectivity index (χ0) is 14.8. The second-order valence-corrected chi connectivity index (χ2v) is 5.40. The summed E-state index contributed by atoms with van der Waals surface area (Å²) in [6.07, 6.45) is 7.65. The van der Waals surface area contributed by atoms with Crippen LogP contribution >= 0.6 is 0 Å². The Morgan fingerprint density at radius 1 is 1.52 bits per heavy atom. The minimum atomic E-state index is -0.0854. The first kappa shape index (κ1) is 13.7. The highest BCUT2D eigenvalue weighted by Crippen LogP contribution is 2.16. The van der Waals surface area contributed by atoms with Crippen LogP contribution in [0.15, 0.2) is 18.7 Å². The molecule has 0 aromatic carbocycles. The highest BCUT2D eigenvalue weighted by atomic mass is 16.1. The quantitative estimate of drug-likeness (QED) is 0.922. The van der Waals surface area contributed by atoms with Gasteiger partial charge in [0.15, 0.2) is 0 Å². The number of carbonyl (C=O) groups excluding carboxylic acids is 1. The number of amides is 1. The van der Waals surface area contributed by atoms with Gasteiger partial charge in [0.2, 0.25) is 0 Å². The molecule has 1 aliphatic rings. The monoisotopic (exact) mass is 285 g/mol. The molecule has 0 saturated carbocycles. The summed E-state index contributed by atoms with van der Waals surface area (Å²) >= 11 is 0. The summed E-state index contributed by atoms with van der Waals surface area (Å²) in [5.41, 5.74) is 2.40. The number of fused-ring (bicyclic) bond motifs is 1. The van der Waals surface area contributed by atoms with Gasteiger partial charge < -0.3 is 9.88 Å². The molecule has 110 valence electrons. The van der Waals surface area contributed by atoms with Crippen molar-refractivity contribution in [1.29, 1.82) is 0 Å². The standard InChI is InChI=1S/C15H19N5O/c1-3-13-12(6-16-9-17-13)15(21)19-11-4-5-14-18-10(2)7-20(14)8-11/h6-7,9,11H,3-5,8H2,1-2H3,(H,19,21)/t11-/m0/s1. The van der Waals surface area contributed by atoms with E-state index in [4.69, 9.17) is 0 Å². The number of aromatic nitrogens is 4. The maximum Gasteiger partial charge on any atom is 0.254 e. The van der Waals surface area contributed by atoms with Crippen molar-refractivity contribution < 1.29 is 4.79 Å². The van der Waals surface area contributed by atoms with E-state index in [-0.39, 0.29) is 11.9 Å². The van der Waals surface area contributed by atoms with Gasteiger partial charge >= 0.3 is 0 Å². The Kier molecular flexibility index (Phi) is 3.68. The molecule has 0 radical (unpaired) electrons. The van der Waals surface area contributed by atoms with Crippen LogP contribution in [0.25, 0.3) is 0 Å². The second kappa shape index (κ2) is 5.63. The lowest BCUT2D eigenvalue weighted by atomic mass is 10.1. The summed E-state index contributed by atoms with van der Waals surface area (Å²) in [4.78, 5) is 25.0. The van der Waals surface area contributed by atoms with Crippen molar-refractivity contribution in [2.24, 2.45) is 0 Å². The fraction of sp³-hybridized carbons (Fsp3) is 0.467. The summed E-state index contributed by atoms with van der Waals surface area (Å²) in [7, 11) is 0. The number of aryl methyl sites for hydroxylation is 3. The molecule has 0 bridgehead atoms. The van der Waals surface area contributed by atoms with Crippen molar-refractivity contribution >= 4 is 5.91 Å². The largest absolute Gasteiger partial charge is 0.347 e. The van der Waals surface area contributed by atoms with Crippen LogP contribution in [0.3, 0.4) is 0 Å². The molecule has 3 heterocycles. The maximum absolute atomic E-state index is 12.4. The van der Waals surface area contributed by atoms with Gasteiger partial charge in [-0.2, -0.15) is 0 Å². The Morgan fingerprint density at radius 2 is 2.38 bits per heavy atom. The van der Waals surface area contributed by atoms with Gasteiger partial charge in [-0.05, 0) is 19.8 Å². The van der Waals surface area contributed by atoms with Crippen molar-refractivity contribution in [2.45, 2.75) is 45.7 Å². The maximum atomic E-state index is 12.4. The second-order valence-electron chi connectivity index (χ2n) is 5.40. The number of rotatable bonds is 3. The summed E-state index contributed by atoms with van der Waals surface area (Å²) in [5.74, 6) is 1.02. The molecule has 0 aliphatic carbocycles. The Labute approximate surface area is 123 Å². The van der Waals surface area contributed by atoms with Crippen molar-refractivity contribution in [3.63, 3.8) is 0 Å². The van der Waals surface area contributed by atoms with Crippen LogP contribution in [0.5, 0.6) is 0 Å². The molecule has 1 aliphatic heterocycles. The normalized spacial score (nSPS) is 17.3. The third-order valence-corrected chi connectivity index (χ3v) is 3.82. The topological polar surface area (TPSA) is 72.7 Å². The van der Waals surface area contributed by atoms with Crippen molar-refractivity contribution in [2.75, 3.05) is 0 Å². The van der Waals surface area contributed by atoms with Gasteiger partial charge in [0.25, 0.3) is 5.91 Å². The molecule has 6 heteroatoms. The van der Waals surface area contributed by atoms with Gasteiger partial charge in [-0.3, -0.25) is 4.79 Å². The van der Waals surface area contributed by atoms with E-state index >= 15 is 0 Å². The number of nitrogens with one attached hydrogen (secondary N) is 1. The molecular weight excluding hydrogens is 266 g/mol. The van der Waals surface area contributed by atoms with Crippen LogP contribution in [-0.4, -0.2) is 31.5 Å². The summed E-state index contributed by atoms with van der Waals surface area (Å²) < 4.78 is 2.13. The lowest BCUT2D eigenvalue weighted by Crippen LogP contribution is -2.41. The van der Waals surface area contributed by atoms with E-state index in [1.54, 1.807) is 6.20 Å². The van der Waals surface area contributed by atoms with Crippen LogP contribution < -0.4 is 5.32 Å². The minimum absolute atomic E-state index is 0.0854. The highest BCUT2D eigenvalue weighted by molar-refractivity contribution is 5.95. The van der Waals surface area contributed by atoms with E-state index in [9.17, 15) is 4.79 Å². The van der Waals surface area contributed by atoms with Crippen molar-refractivity contribution in [3.05, 3.63) is 41.5 Å². The van der Waals surface area contributed by atoms with E-state index in [0.29, 0.717) is 5.56 Å². The number of imidazole rings is 1. The van der Waals surface area contributed by atoms with Crippen LogP contribution in [-0.2, 0) is 19.4 Å². The van der Waals surface area contributed by atoms with E-state index in [0.717, 1.165) is 43.0 Å². The summed E-state index contributed by atoms with van der Waals surface area (Å²) in [5, 5.41) is 3.09. The molecule has 1 N–H and O–H groups in total. The summed E-state index contributed by atoms with van der Waals surface area (Å²) in [6.45, 7) is 4.76. The highest BCUT2D eigenvalue weighted by Gasteiger charge is 2.22. The molecule has 0 fully saturated rings. The van der Waals surface area contributed by atoms with Crippen molar-refractivity contribution in [1.82, 2.24) is 24.8 Å². The molecule has 2 aromatic rings. The van der Waals surface area contributed by atoms with Crippen molar-refractivity contribution in [3.8, 4) is 0 Å². The van der Waals surface area contributed by atoms with Gasteiger partial charge in [0.05, 0.1) is 17.0 Å². The molecule has 1 amide bonds. The van der Waals surface area contributed by atoms with Crippen LogP contribution in [0.1, 0.15) is 40.9 Å². The lowest BCUT2D eigenvalue weighted by molar-refractivity contribution is 0.0925. The fourth-order valence-corrected chi connectivity index (χ4v) is 2.79. The van der Waals surface area contributed by atoms with Gasteiger partial charge in [-0.25, -0.2) is 15.0 Å². The molecule has 3 rings (SSSR count). The van der Waals surface area contributed by atoms with E-state index < -0.39 is 0 Å². The number of hydrogen-bond acceptors (Lipinski definition) is 4. The third-order valence-electron chi connectivity index (χ3n) is 3.82. The molecule has 2 aromatic heterocycles. The lowest BCUT2D eigenvalue weighted by Gasteiger charge is -2.24. The Morgan fingerprint density at radius 3 is 3.19 bits per heavy atom. The van der Waals surface area contributed by atoms with Crippen LogP contribution in [0.2, 0.25) is 0 Å². The average molecular weight is 285 g/mol. The first-order chi connectivity index (χ1) is 10.2. The number of nitrogens with zero attached hydrogens (tertiary/aromatic N) is 4. The Balaban J connectivity index is 1.71. The van der Waals surface area contributed by atoms with E-state index in [2.05, 4.69) is 24.8 Å².